The summed E-state index contributed by atoms with van der Waals surface area (Å²) in [7, 11) is -7.35. The molecule has 0 aromatic heterocycles. The molecule has 2 aromatic rings. The van der Waals surface area contributed by atoms with Crippen LogP contribution in [0.25, 0.3) is 0 Å². The summed E-state index contributed by atoms with van der Waals surface area (Å²) in [6.07, 6.45) is 16.2. The van der Waals surface area contributed by atoms with Crippen LogP contribution in [-0.2, 0) is 46.5 Å². The fourth-order valence-electron chi connectivity index (χ4n) is 15.4. The maximum atomic E-state index is 15.2. The predicted molar refractivity (Wildman–Crippen MR) is 322 cm³/mol. The van der Waals surface area contributed by atoms with E-state index in [4.69, 9.17) is 48.1 Å². The third-order valence-electron chi connectivity index (χ3n) is 21.5. The lowest BCUT2D eigenvalue weighted by Gasteiger charge is -2.55. The van der Waals surface area contributed by atoms with Gasteiger partial charge in [0.1, 0.15) is 11.7 Å². The van der Waals surface area contributed by atoms with E-state index >= 15 is 4.79 Å². The topological polar surface area (TPSA) is 100 Å². The molecule has 6 fully saturated rings. The van der Waals surface area contributed by atoms with E-state index in [1.54, 1.807) is 0 Å². The van der Waals surface area contributed by atoms with Crippen molar-refractivity contribution in [2.24, 2.45) is 29.1 Å². The van der Waals surface area contributed by atoms with Crippen LogP contribution < -0.4 is 10.4 Å². The number of carbonyl (C=O) groups is 1. The van der Waals surface area contributed by atoms with E-state index < -0.39 is 65.5 Å². The van der Waals surface area contributed by atoms with E-state index in [1.165, 1.54) is 15.9 Å². The van der Waals surface area contributed by atoms with Gasteiger partial charge in [-0.15, -0.1) is 12.3 Å². The maximum Gasteiger partial charge on any atom is 0.312 e. The third kappa shape index (κ3) is 11.4. The molecule has 2 aromatic carbocycles. The minimum absolute atomic E-state index is 0.0372. The summed E-state index contributed by atoms with van der Waals surface area (Å²) in [6.45, 7) is 35.5. The monoisotopic (exact) mass is 1140 g/mol. The van der Waals surface area contributed by atoms with Crippen LogP contribution in [0.15, 0.2) is 72.3 Å². The second-order valence-corrected chi connectivity index (χ2v) is 42.4. The van der Waals surface area contributed by atoms with E-state index in [2.05, 4.69) is 176 Å². The Morgan fingerprint density at radius 2 is 1.38 bits per heavy atom. The molecule has 6 heterocycles. The highest BCUT2D eigenvalue weighted by Crippen LogP contribution is 2.60. The summed E-state index contributed by atoms with van der Waals surface area (Å²) < 4.78 is 66.8. The molecule has 2 bridgehead atoms. The number of fused-ring (bicyclic) bond motifs is 2. The SMILES string of the molecule is C#CC[C@@H]1CC[C@@](C)(O[Si](CC)(CC)CC)[C@]2(CC[C@@]3(CCC[C@H](C[C@@]45C[C@@H](C)[C@@H](O[Si](C)(C)C(C)(C)C)[C@@H](O4)[C@H]([C@H]4C=C(CO[Si](c6ccccc6)(c6ccccc6)C(C)(C)C)CC[C@@]46C[C@H](C)[C@@H](C)COC6=O)O5)O3)O2)O1. The molecule has 0 amide bonds. The summed E-state index contributed by atoms with van der Waals surface area (Å²) in [4.78, 5) is 15.2. The number of esters is 1. The minimum atomic E-state index is -2.91. The molecule has 0 saturated carbocycles. The van der Waals surface area contributed by atoms with Crippen LogP contribution in [0.2, 0.25) is 41.3 Å². The number of carbonyl (C=O) groups excluding carboxylic acids is 1. The molecule has 1 aliphatic carbocycles. The van der Waals surface area contributed by atoms with E-state index in [0.717, 1.165) is 56.7 Å². The van der Waals surface area contributed by atoms with Gasteiger partial charge in [-0.05, 0) is 127 Å². The first-order valence-electron chi connectivity index (χ1n) is 31.1. The number of hydrogen-bond acceptors (Lipinski definition) is 10. The Kier molecular flexibility index (Phi) is 17.7. The molecule has 438 valence electrons. The highest BCUT2D eigenvalue weighted by molar-refractivity contribution is 6.99. The van der Waals surface area contributed by atoms with Crippen molar-refractivity contribution in [2.45, 2.75) is 268 Å². The summed E-state index contributed by atoms with van der Waals surface area (Å²) in [5.74, 6) is 0.181. The molecule has 6 saturated heterocycles. The van der Waals surface area contributed by atoms with Gasteiger partial charge in [0, 0.05) is 44.4 Å². The largest absolute Gasteiger partial charge is 0.465 e. The van der Waals surface area contributed by atoms with Crippen molar-refractivity contribution in [1.29, 1.82) is 0 Å². The second-order valence-electron chi connectivity index (χ2n) is 28.7. The zero-order chi connectivity index (χ0) is 57.1. The van der Waals surface area contributed by atoms with E-state index in [-0.39, 0.29) is 58.0 Å². The molecule has 7 aliphatic rings. The van der Waals surface area contributed by atoms with Crippen molar-refractivity contribution in [3.05, 3.63) is 72.3 Å². The molecular formula is C66H102O10Si3. The van der Waals surface area contributed by atoms with Gasteiger partial charge in [0.15, 0.2) is 34.0 Å². The number of rotatable bonds is 16. The molecule has 6 aliphatic heterocycles. The minimum Gasteiger partial charge on any atom is -0.465 e. The summed E-state index contributed by atoms with van der Waals surface area (Å²) in [5, 5.41) is 2.26. The molecule has 10 nitrogen and oxygen atoms in total. The number of ether oxygens (including phenoxy) is 6. The first-order chi connectivity index (χ1) is 37.2. The molecule has 14 atom stereocenters. The van der Waals surface area contributed by atoms with Crippen molar-refractivity contribution in [3.63, 3.8) is 0 Å². The van der Waals surface area contributed by atoms with Crippen molar-refractivity contribution in [3.8, 4) is 12.3 Å². The molecule has 0 N–H and O–H groups in total. The lowest BCUT2D eigenvalue weighted by molar-refractivity contribution is -0.400. The number of hydrogen-bond donors (Lipinski definition) is 0. The fourth-order valence-corrected chi connectivity index (χ4v) is 24.5. The lowest BCUT2D eigenvalue weighted by Crippen LogP contribution is -2.66. The number of benzene rings is 2. The van der Waals surface area contributed by atoms with Gasteiger partial charge in [-0.1, -0.05) is 150 Å². The third-order valence-corrected chi connectivity index (χ3v) is 35.7. The normalized spacial score (nSPS) is 37.5. The smallest absolute Gasteiger partial charge is 0.312 e. The van der Waals surface area contributed by atoms with Gasteiger partial charge in [-0.2, -0.15) is 0 Å². The zero-order valence-corrected chi connectivity index (χ0v) is 54.4. The Labute approximate surface area is 480 Å². The van der Waals surface area contributed by atoms with Crippen LogP contribution >= 0.6 is 0 Å². The van der Waals surface area contributed by atoms with Crippen molar-refractivity contribution in [1.82, 2.24) is 0 Å². The summed E-state index contributed by atoms with van der Waals surface area (Å²) >= 11 is 0. The van der Waals surface area contributed by atoms with Crippen molar-refractivity contribution in [2.75, 3.05) is 13.2 Å². The second kappa shape index (κ2) is 22.8. The predicted octanol–water partition coefficient (Wildman–Crippen LogP) is 14.2. The van der Waals surface area contributed by atoms with E-state index in [1.807, 2.05) is 0 Å². The van der Waals surface area contributed by atoms with E-state index in [0.29, 0.717) is 58.2 Å². The average Bonchev–Trinajstić information content (AvgIpc) is 3.98. The van der Waals surface area contributed by atoms with Crippen molar-refractivity contribution >= 4 is 41.3 Å². The Morgan fingerprint density at radius 3 is 1.99 bits per heavy atom. The Hall–Kier alpha value is -2.46. The molecule has 79 heavy (non-hydrogen) atoms. The van der Waals surface area contributed by atoms with Crippen LogP contribution in [0.1, 0.15) is 173 Å². The first-order valence-corrected chi connectivity index (χ1v) is 38.4. The van der Waals surface area contributed by atoms with Crippen LogP contribution in [-0.4, -0.2) is 97.6 Å². The lowest BCUT2D eigenvalue weighted by atomic mass is 9.60. The molecule has 0 unspecified atom stereocenters. The molecular weight excluding hydrogens is 1040 g/mol. The molecule has 13 heteroatoms. The quantitative estimate of drug-likeness (QED) is 0.0699. The molecule has 0 radical (unpaired) electrons. The van der Waals surface area contributed by atoms with E-state index in [9.17, 15) is 0 Å². The van der Waals surface area contributed by atoms with Gasteiger partial charge in [-0.25, -0.2) is 0 Å². The van der Waals surface area contributed by atoms with Crippen LogP contribution in [0.5, 0.6) is 0 Å². The molecule has 9 rings (SSSR count). The van der Waals surface area contributed by atoms with Gasteiger partial charge in [0.25, 0.3) is 8.32 Å². The summed E-state index contributed by atoms with van der Waals surface area (Å²) in [5.41, 5.74) is -0.274. The Morgan fingerprint density at radius 1 is 0.734 bits per heavy atom. The number of cyclic esters (lactones) is 1. The first kappa shape index (κ1) is 61.1. The highest BCUT2D eigenvalue weighted by atomic mass is 28.4. The number of terminal acetylenes is 1. The fraction of sp³-hybridized carbons (Fsp3) is 0.742. The Bertz CT molecular complexity index is 2450. The Balaban J connectivity index is 1.08. The van der Waals surface area contributed by atoms with Gasteiger partial charge in [0.2, 0.25) is 0 Å². The maximum absolute atomic E-state index is 15.2. The van der Waals surface area contributed by atoms with Crippen LogP contribution in [0.4, 0.5) is 0 Å². The van der Waals surface area contributed by atoms with Gasteiger partial charge >= 0.3 is 5.97 Å². The van der Waals surface area contributed by atoms with Crippen molar-refractivity contribution < 1.29 is 46.5 Å². The van der Waals surface area contributed by atoms with Crippen LogP contribution in [0.3, 0.4) is 0 Å². The van der Waals surface area contributed by atoms with Crippen LogP contribution in [0, 0.1) is 41.4 Å². The van der Waals surface area contributed by atoms with Gasteiger partial charge in [0.05, 0.1) is 43.0 Å². The van der Waals surface area contributed by atoms with Gasteiger partial charge < -0.3 is 41.7 Å². The standard InChI is InChI=1S/C66H102O10Si3/c1-17-28-51-35-37-62(14,76-78(18-2,19-3)20-4)66(71-51)40-39-64(75-66)36-27-29-52(70-64)44-65-43-48(6)56(74-77(15,16)60(8,9)10)58(73-65)57(72-65)55-41-50(34-38-63(55)42-47(5)49(7)45-68-59(63)67)46-69-79(61(11,12)13,53-30-23-21-24-31-53)54-32-25-22-26-33-54/h1,21-26,30-33,41,47-49,51-52,55-58H,18-20,27-29,34-40,42-46H2,2-16H3/t47-,48+,49-,51+,52+,55+,56+,57-,58+,62+,63+,64+,65+,66+/m0/s1. The molecule has 3 spiro atoms. The van der Waals surface area contributed by atoms with Gasteiger partial charge in [-0.3, -0.25) is 4.79 Å². The zero-order valence-electron chi connectivity index (χ0n) is 51.4. The summed E-state index contributed by atoms with van der Waals surface area (Å²) in [6, 6.07) is 24.9. The average molecular weight is 1140 g/mol. The highest BCUT2D eigenvalue weighted by Gasteiger charge is 2.68.